The summed E-state index contributed by atoms with van der Waals surface area (Å²) in [5.41, 5.74) is 2.98. The predicted molar refractivity (Wildman–Crippen MR) is 94.7 cm³/mol. The Kier molecular flexibility index (Phi) is 4.50. The fraction of sp³-hybridized carbons (Fsp3) is 0.176. The highest BCUT2D eigenvalue weighted by Crippen LogP contribution is 2.28. The zero-order valence-electron chi connectivity index (χ0n) is 12.7. The summed E-state index contributed by atoms with van der Waals surface area (Å²) < 4.78 is 6.52. The van der Waals surface area contributed by atoms with Crippen molar-refractivity contribution in [3.8, 4) is 5.75 Å². The summed E-state index contributed by atoms with van der Waals surface area (Å²) in [6.45, 7) is 3.93. The predicted octanol–water partition coefficient (Wildman–Crippen LogP) is 4.58. The molecule has 1 aromatic heterocycles. The van der Waals surface area contributed by atoms with E-state index in [0.717, 1.165) is 27.1 Å². The molecule has 0 atom stereocenters. The van der Waals surface area contributed by atoms with Gasteiger partial charge in [-0.1, -0.05) is 35.1 Å². The highest BCUT2D eigenvalue weighted by molar-refractivity contribution is 7.22. The molecule has 3 aromatic rings. The largest absolute Gasteiger partial charge is 0.483 e. The van der Waals surface area contributed by atoms with Crippen LogP contribution in [-0.4, -0.2) is 17.5 Å². The van der Waals surface area contributed by atoms with Gasteiger partial charge in [0.2, 0.25) is 0 Å². The Labute approximate surface area is 143 Å². The number of fused-ring (bicyclic) bond motifs is 1. The third-order valence-corrected chi connectivity index (χ3v) is 4.68. The van der Waals surface area contributed by atoms with Crippen molar-refractivity contribution in [2.45, 2.75) is 13.8 Å². The second-order valence-electron chi connectivity index (χ2n) is 5.17. The van der Waals surface area contributed by atoms with Crippen LogP contribution in [0.2, 0.25) is 5.02 Å². The summed E-state index contributed by atoms with van der Waals surface area (Å²) >= 11 is 7.33. The molecule has 4 nitrogen and oxygen atoms in total. The zero-order valence-corrected chi connectivity index (χ0v) is 14.3. The van der Waals surface area contributed by atoms with Crippen molar-refractivity contribution >= 4 is 44.2 Å². The summed E-state index contributed by atoms with van der Waals surface area (Å²) in [7, 11) is 0. The number of carbonyl (C=O) groups is 1. The minimum atomic E-state index is -0.240. The van der Waals surface area contributed by atoms with Gasteiger partial charge in [0, 0.05) is 5.02 Å². The molecule has 2 aromatic carbocycles. The van der Waals surface area contributed by atoms with E-state index in [4.69, 9.17) is 16.3 Å². The van der Waals surface area contributed by atoms with Crippen molar-refractivity contribution in [3.05, 3.63) is 52.5 Å². The third kappa shape index (κ3) is 3.63. The zero-order chi connectivity index (χ0) is 16.4. The summed E-state index contributed by atoms with van der Waals surface area (Å²) in [6, 6.07) is 11.2. The van der Waals surface area contributed by atoms with E-state index in [-0.39, 0.29) is 12.5 Å². The van der Waals surface area contributed by atoms with Crippen molar-refractivity contribution in [2.24, 2.45) is 0 Å². The van der Waals surface area contributed by atoms with Gasteiger partial charge < -0.3 is 4.74 Å². The van der Waals surface area contributed by atoms with Crippen LogP contribution in [0.3, 0.4) is 0 Å². The number of benzene rings is 2. The lowest BCUT2D eigenvalue weighted by Crippen LogP contribution is -2.20. The van der Waals surface area contributed by atoms with Crippen LogP contribution in [-0.2, 0) is 4.79 Å². The quantitative estimate of drug-likeness (QED) is 0.752. The molecule has 3 rings (SSSR count). The Balaban J connectivity index is 1.65. The van der Waals surface area contributed by atoms with E-state index in [1.165, 1.54) is 11.3 Å². The van der Waals surface area contributed by atoms with Crippen LogP contribution >= 0.6 is 22.9 Å². The second-order valence-corrected chi connectivity index (χ2v) is 6.63. The number of nitrogens with one attached hydrogen (secondary N) is 1. The molecule has 0 aliphatic carbocycles. The van der Waals surface area contributed by atoms with Gasteiger partial charge in [-0.25, -0.2) is 4.98 Å². The molecule has 0 saturated heterocycles. The van der Waals surface area contributed by atoms with Crippen LogP contribution < -0.4 is 10.1 Å². The molecule has 6 heteroatoms. The topological polar surface area (TPSA) is 51.2 Å². The number of hydrogen-bond acceptors (Lipinski definition) is 4. The van der Waals surface area contributed by atoms with Gasteiger partial charge in [0.15, 0.2) is 11.7 Å². The third-order valence-electron chi connectivity index (χ3n) is 3.51. The first kappa shape index (κ1) is 15.8. The van der Waals surface area contributed by atoms with Gasteiger partial charge >= 0.3 is 0 Å². The molecule has 118 valence electrons. The number of aromatic nitrogens is 1. The van der Waals surface area contributed by atoms with Crippen LogP contribution in [0.25, 0.3) is 10.2 Å². The Morgan fingerprint density at radius 3 is 2.96 bits per heavy atom. The van der Waals surface area contributed by atoms with Gasteiger partial charge in [0.05, 0.1) is 10.2 Å². The van der Waals surface area contributed by atoms with Gasteiger partial charge in [-0.3, -0.25) is 10.1 Å². The van der Waals surface area contributed by atoms with Crippen LogP contribution in [0.1, 0.15) is 11.1 Å². The monoisotopic (exact) mass is 346 g/mol. The average molecular weight is 347 g/mol. The number of thiazole rings is 1. The molecule has 0 aliphatic heterocycles. The number of halogens is 1. The highest BCUT2D eigenvalue weighted by Gasteiger charge is 2.10. The minimum absolute atomic E-state index is 0.0546. The molecular weight excluding hydrogens is 332 g/mol. The molecule has 0 radical (unpaired) electrons. The molecule has 0 spiro atoms. The van der Waals surface area contributed by atoms with Gasteiger partial charge in [-0.05, 0) is 49.2 Å². The summed E-state index contributed by atoms with van der Waals surface area (Å²) in [6.07, 6.45) is 0. The van der Waals surface area contributed by atoms with E-state index in [0.29, 0.717) is 10.2 Å². The number of nitrogens with zero attached hydrogens (tertiary/aromatic N) is 1. The lowest BCUT2D eigenvalue weighted by Gasteiger charge is -2.10. The van der Waals surface area contributed by atoms with Gasteiger partial charge in [-0.2, -0.15) is 0 Å². The van der Waals surface area contributed by atoms with Crippen LogP contribution in [0.4, 0.5) is 5.13 Å². The maximum atomic E-state index is 12.0. The van der Waals surface area contributed by atoms with E-state index in [2.05, 4.69) is 10.3 Å². The number of ether oxygens (including phenoxy) is 1. The fourth-order valence-electron chi connectivity index (χ4n) is 2.13. The van der Waals surface area contributed by atoms with E-state index in [1.807, 2.05) is 44.2 Å². The Bertz CT molecular complexity index is 876. The average Bonchev–Trinajstić information content (AvgIpc) is 2.90. The number of hydrogen-bond donors (Lipinski definition) is 1. The molecule has 0 saturated carbocycles. The van der Waals surface area contributed by atoms with Gasteiger partial charge in [0.1, 0.15) is 5.75 Å². The number of anilines is 1. The summed E-state index contributed by atoms with van der Waals surface area (Å²) in [5, 5.41) is 3.94. The van der Waals surface area contributed by atoms with Crippen LogP contribution in [0.15, 0.2) is 36.4 Å². The number of aryl methyl sites for hydroxylation is 1. The maximum absolute atomic E-state index is 12.0. The van der Waals surface area contributed by atoms with E-state index < -0.39 is 0 Å². The molecule has 1 amide bonds. The van der Waals surface area contributed by atoms with E-state index >= 15 is 0 Å². The van der Waals surface area contributed by atoms with Crippen molar-refractivity contribution < 1.29 is 9.53 Å². The molecule has 1 N–H and O–H groups in total. The SMILES string of the molecule is Cc1cccc(OCC(=O)Nc2nc3ccc(Cl)cc3s2)c1C. The molecule has 0 aliphatic rings. The maximum Gasteiger partial charge on any atom is 0.264 e. The number of carbonyl (C=O) groups excluding carboxylic acids is 1. The highest BCUT2D eigenvalue weighted by atomic mass is 35.5. The van der Waals surface area contributed by atoms with Crippen LogP contribution in [0, 0.1) is 13.8 Å². The Morgan fingerprint density at radius 2 is 2.13 bits per heavy atom. The smallest absolute Gasteiger partial charge is 0.264 e. The second kappa shape index (κ2) is 6.56. The molecule has 0 fully saturated rings. The molecular formula is C17H15ClN2O2S. The fourth-order valence-corrected chi connectivity index (χ4v) is 3.29. The summed E-state index contributed by atoms with van der Waals surface area (Å²) in [5.74, 6) is 0.479. The molecule has 1 heterocycles. The Hall–Kier alpha value is -2.11. The lowest BCUT2D eigenvalue weighted by atomic mass is 10.1. The molecule has 0 unspecified atom stereocenters. The van der Waals surface area contributed by atoms with E-state index in [9.17, 15) is 4.79 Å². The Morgan fingerprint density at radius 1 is 1.30 bits per heavy atom. The standard InChI is InChI=1S/C17H15ClN2O2S/c1-10-4-3-5-14(11(10)2)22-9-16(21)20-17-19-13-7-6-12(18)8-15(13)23-17/h3-8H,9H2,1-2H3,(H,19,20,21). The minimum Gasteiger partial charge on any atom is -0.483 e. The summed E-state index contributed by atoms with van der Waals surface area (Å²) in [4.78, 5) is 16.4. The molecule has 0 bridgehead atoms. The normalized spacial score (nSPS) is 10.7. The first-order chi connectivity index (χ1) is 11.0. The van der Waals surface area contributed by atoms with Gasteiger partial charge in [-0.15, -0.1) is 0 Å². The van der Waals surface area contributed by atoms with Crippen molar-refractivity contribution in [1.82, 2.24) is 4.98 Å². The van der Waals surface area contributed by atoms with Crippen molar-refractivity contribution in [1.29, 1.82) is 0 Å². The van der Waals surface area contributed by atoms with E-state index in [1.54, 1.807) is 6.07 Å². The number of rotatable bonds is 4. The van der Waals surface area contributed by atoms with Crippen LogP contribution in [0.5, 0.6) is 5.75 Å². The first-order valence-electron chi connectivity index (χ1n) is 7.08. The van der Waals surface area contributed by atoms with Crippen molar-refractivity contribution in [2.75, 3.05) is 11.9 Å². The molecule has 23 heavy (non-hydrogen) atoms. The number of amides is 1. The van der Waals surface area contributed by atoms with Crippen molar-refractivity contribution in [3.63, 3.8) is 0 Å². The van der Waals surface area contributed by atoms with Gasteiger partial charge in [0.25, 0.3) is 5.91 Å². The first-order valence-corrected chi connectivity index (χ1v) is 8.27. The lowest BCUT2D eigenvalue weighted by molar-refractivity contribution is -0.118.